The van der Waals surface area contributed by atoms with E-state index in [1.165, 1.54) is 5.56 Å². The van der Waals surface area contributed by atoms with Crippen molar-refractivity contribution in [3.8, 4) is 5.75 Å². The highest BCUT2D eigenvalue weighted by Gasteiger charge is 2.30. The molecule has 1 saturated heterocycles. The second kappa shape index (κ2) is 7.89. The lowest BCUT2D eigenvalue weighted by atomic mass is 9.94. The molecule has 0 saturated carbocycles. The van der Waals surface area contributed by atoms with Crippen LogP contribution in [0.25, 0.3) is 0 Å². The van der Waals surface area contributed by atoms with E-state index in [0.29, 0.717) is 39.2 Å². The SMILES string of the molecule is Cc1cccc(OCCC(=O)N2CCN(C(=O)C(C)(C)C)CC2)c1C. The van der Waals surface area contributed by atoms with Gasteiger partial charge in [0.15, 0.2) is 0 Å². The highest BCUT2D eigenvalue weighted by Crippen LogP contribution is 2.21. The minimum Gasteiger partial charge on any atom is -0.493 e. The number of amides is 2. The second-order valence-corrected chi connectivity index (χ2v) is 7.72. The fourth-order valence-corrected chi connectivity index (χ4v) is 2.92. The zero-order chi connectivity index (χ0) is 18.6. The summed E-state index contributed by atoms with van der Waals surface area (Å²) in [6.07, 6.45) is 0.362. The van der Waals surface area contributed by atoms with Crippen LogP contribution in [0.2, 0.25) is 0 Å². The number of benzene rings is 1. The van der Waals surface area contributed by atoms with Crippen molar-refractivity contribution < 1.29 is 14.3 Å². The highest BCUT2D eigenvalue weighted by atomic mass is 16.5. The number of carbonyl (C=O) groups is 2. The van der Waals surface area contributed by atoms with E-state index in [1.54, 1.807) is 0 Å². The van der Waals surface area contributed by atoms with Gasteiger partial charge in [-0.05, 0) is 31.0 Å². The first-order chi connectivity index (χ1) is 11.7. The second-order valence-electron chi connectivity index (χ2n) is 7.72. The first-order valence-corrected chi connectivity index (χ1v) is 8.96. The normalized spacial score (nSPS) is 15.2. The molecule has 0 atom stereocenters. The third-order valence-corrected chi connectivity index (χ3v) is 4.69. The third-order valence-electron chi connectivity index (χ3n) is 4.69. The van der Waals surface area contributed by atoms with Crippen LogP contribution in [0.4, 0.5) is 0 Å². The van der Waals surface area contributed by atoms with E-state index in [-0.39, 0.29) is 17.2 Å². The maximum atomic E-state index is 12.4. The smallest absolute Gasteiger partial charge is 0.228 e. The Morgan fingerprint density at radius 3 is 2.24 bits per heavy atom. The summed E-state index contributed by atoms with van der Waals surface area (Å²) in [7, 11) is 0. The van der Waals surface area contributed by atoms with Crippen molar-refractivity contribution in [3.05, 3.63) is 29.3 Å². The molecule has 0 bridgehead atoms. The van der Waals surface area contributed by atoms with Crippen LogP contribution in [-0.2, 0) is 9.59 Å². The van der Waals surface area contributed by atoms with Crippen molar-refractivity contribution in [3.63, 3.8) is 0 Å². The molecule has 1 aliphatic heterocycles. The zero-order valence-corrected chi connectivity index (χ0v) is 16.1. The molecule has 138 valence electrons. The van der Waals surface area contributed by atoms with Crippen molar-refractivity contribution in [1.82, 2.24) is 9.80 Å². The fourth-order valence-electron chi connectivity index (χ4n) is 2.92. The Kier molecular flexibility index (Phi) is 6.09. The van der Waals surface area contributed by atoms with Gasteiger partial charge >= 0.3 is 0 Å². The average Bonchev–Trinajstić information content (AvgIpc) is 2.57. The van der Waals surface area contributed by atoms with Gasteiger partial charge in [-0.15, -0.1) is 0 Å². The van der Waals surface area contributed by atoms with Crippen molar-refractivity contribution >= 4 is 11.8 Å². The van der Waals surface area contributed by atoms with Crippen LogP contribution >= 0.6 is 0 Å². The molecule has 0 aliphatic carbocycles. The van der Waals surface area contributed by atoms with E-state index in [9.17, 15) is 9.59 Å². The predicted octanol–water partition coefficient (Wildman–Crippen LogP) is 2.79. The third kappa shape index (κ3) is 4.97. The maximum Gasteiger partial charge on any atom is 0.228 e. The van der Waals surface area contributed by atoms with Gasteiger partial charge in [0.2, 0.25) is 11.8 Å². The number of rotatable bonds is 4. The Labute approximate surface area is 150 Å². The molecule has 0 N–H and O–H groups in total. The standard InChI is InChI=1S/C20H30N2O3/c1-15-7-6-8-17(16(15)2)25-14-9-18(23)21-10-12-22(13-11-21)19(24)20(3,4)5/h6-8H,9-14H2,1-5H3. The molecule has 2 amide bonds. The van der Waals surface area contributed by atoms with Crippen molar-refractivity contribution in [2.45, 2.75) is 41.0 Å². The summed E-state index contributed by atoms with van der Waals surface area (Å²) < 4.78 is 5.77. The largest absolute Gasteiger partial charge is 0.493 e. The molecule has 0 aromatic heterocycles. The van der Waals surface area contributed by atoms with Gasteiger partial charge in [0.25, 0.3) is 0 Å². The summed E-state index contributed by atoms with van der Waals surface area (Å²) in [5.41, 5.74) is 1.93. The molecular weight excluding hydrogens is 316 g/mol. The summed E-state index contributed by atoms with van der Waals surface area (Å²) in [6, 6.07) is 5.94. The van der Waals surface area contributed by atoms with E-state index in [2.05, 4.69) is 0 Å². The van der Waals surface area contributed by atoms with Crippen LogP contribution in [-0.4, -0.2) is 54.4 Å². The van der Waals surface area contributed by atoms with Crippen LogP contribution in [0, 0.1) is 19.3 Å². The Bertz CT molecular complexity index is 626. The molecule has 0 radical (unpaired) electrons. The molecular formula is C20H30N2O3. The van der Waals surface area contributed by atoms with E-state index in [4.69, 9.17) is 4.74 Å². The first kappa shape index (κ1) is 19.3. The zero-order valence-electron chi connectivity index (χ0n) is 16.1. The number of piperazine rings is 1. The molecule has 1 aromatic carbocycles. The quantitative estimate of drug-likeness (QED) is 0.842. The predicted molar refractivity (Wildman–Crippen MR) is 98.6 cm³/mol. The van der Waals surface area contributed by atoms with E-state index in [1.807, 2.05) is 62.6 Å². The van der Waals surface area contributed by atoms with Gasteiger partial charge in [0.1, 0.15) is 5.75 Å². The summed E-state index contributed by atoms with van der Waals surface area (Å²) in [5.74, 6) is 1.08. The lowest BCUT2D eigenvalue weighted by Crippen LogP contribution is -2.53. The number of hydrogen-bond donors (Lipinski definition) is 0. The number of nitrogens with zero attached hydrogens (tertiary/aromatic N) is 2. The average molecular weight is 346 g/mol. The molecule has 1 fully saturated rings. The molecule has 0 unspecified atom stereocenters. The summed E-state index contributed by atoms with van der Waals surface area (Å²) in [6.45, 7) is 12.7. The molecule has 25 heavy (non-hydrogen) atoms. The van der Waals surface area contributed by atoms with Gasteiger partial charge in [-0.2, -0.15) is 0 Å². The highest BCUT2D eigenvalue weighted by molar-refractivity contribution is 5.82. The Morgan fingerprint density at radius 2 is 1.64 bits per heavy atom. The van der Waals surface area contributed by atoms with Crippen LogP contribution in [0.15, 0.2) is 18.2 Å². The first-order valence-electron chi connectivity index (χ1n) is 8.96. The number of aryl methyl sites for hydroxylation is 1. The Hall–Kier alpha value is -2.04. The lowest BCUT2D eigenvalue weighted by molar-refractivity contribution is -0.145. The minimum absolute atomic E-state index is 0.0909. The van der Waals surface area contributed by atoms with Crippen LogP contribution in [0.3, 0.4) is 0 Å². The Morgan fingerprint density at radius 1 is 1.04 bits per heavy atom. The van der Waals surface area contributed by atoms with Crippen LogP contribution in [0.1, 0.15) is 38.3 Å². The van der Waals surface area contributed by atoms with E-state index in [0.717, 1.165) is 11.3 Å². The van der Waals surface area contributed by atoms with Gasteiger partial charge in [0, 0.05) is 31.6 Å². The summed E-state index contributed by atoms with van der Waals surface area (Å²) in [5, 5.41) is 0. The van der Waals surface area contributed by atoms with Gasteiger partial charge < -0.3 is 14.5 Å². The molecule has 1 heterocycles. The fraction of sp³-hybridized carbons (Fsp3) is 0.600. The minimum atomic E-state index is -0.369. The van der Waals surface area contributed by atoms with Gasteiger partial charge in [-0.25, -0.2) is 0 Å². The molecule has 1 aromatic rings. The lowest BCUT2D eigenvalue weighted by Gasteiger charge is -2.37. The molecule has 0 spiro atoms. The number of hydrogen-bond acceptors (Lipinski definition) is 3. The molecule has 1 aliphatic rings. The van der Waals surface area contributed by atoms with E-state index >= 15 is 0 Å². The van der Waals surface area contributed by atoms with Crippen molar-refractivity contribution in [1.29, 1.82) is 0 Å². The van der Waals surface area contributed by atoms with Crippen LogP contribution < -0.4 is 4.74 Å². The molecule has 5 heteroatoms. The number of carbonyl (C=O) groups excluding carboxylic acids is 2. The van der Waals surface area contributed by atoms with Gasteiger partial charge in [0.05, 0.1) is 13.0 Å². The van der Waals surface area contributed by atoms with Gasteiger partial charge in [-0.1, -0.05) is 32.9 Å². The Balaban J connectivity index is 1.77. The summed E-state index contributed by atoms with van der Waals surface area (Å²) >= 11 is 0. The maximum absolute atomic E-state index is 12.4. The molecule has 5 nitrogen and oxygen atoms in total. The van der Waals surface area contributed by atoms with Crippen molar-refractivity contribution in [2.24, 2.45) is 5.41 Å². The monoisotopic (exact) mass is 346 g/mol. The van der Waals surface area contributed by atoms with Crippen LogP contribution in [0.5, 0.6) is 5.75 Å². The number of ether oxygens (including phenoxy) is 1. The van der Waals surface area contributed by atoms with E-state index < -0.39 is 0 Å². The summed E-state index contributed by atoms with van der Waals surface area (Å²) in [4.78, 5) is 28.3. The van der Waals surface area contributed by atoms with Gasteiger partial charge in [-0.3, -0.25) is 9.59 Å². The molecule has 2 rings (SSSR count). The topological polar surface area (TPSA) is 49.9 Å². The van der Waals surface area contributed by atoms with Crippen molar-refractivity contribution in [2.75, 3.05) is 32.8 Å².